The SMILES string of the molecule is CC(=O)c1cc(C#N)c(S[C@H](C)C(=O)N[C@H]2CCS(=O)(=O)C2)nc1C. The maximum absolute atomic E-state index is 12.3. The molecule has 0 saturated carbocycles. The number of hydrogen-bond donors (Lipinski definition) is 1. The molecule has 2 rings (SSSR count). The summed E-state index contributed by atoms with van der Waals surface area (Å²) in [5.41, 5.74) is 1.13. The molecule has 0 aromatic carbocycles. The van der Waals surface area contributed by atoms with Gasteiger partial charge in [0.1, 0.15) is 11.1 Å². The second-order valence-corrected chi connectivity index (χ2v) is 9.57. The minimum absolute atomic E-state index is 0.0375. The molecular formula is C16H19N3O4S2. The number of sulfone groups is 1. The van der Waals surface area contributed by atoms with Gasteiger partial charge in [-0.1, -0.05) is 11.8 Å². The summed E-state index contributed by atoms with van der Waals surface area (Å²) in [6, 6.07) is 3.12. The molecule has 1 aromatic rings. The topological polar surface area (TPSA) is 117 Å². The second kappa shape index (κ2) is 7.54. The van der Waals surface area contributed by atoms with Gasteiger partial charge < -0.3 is 5.32 Å². The van der Waals surface area contributed by atoms with Gasteiger partial charge in [0.2, 0.25) is 5.91 Å². The summed E-state index contributed by atoms with van der Waals surface area (Å²) in [6.07, 6.45) is 0.416. The van der Waals surface area contributed by atoms with Crippen LogP contribution in [-0.4, -0.2) is 47.9 Å². The predicted molar refractivity (Wildman–Crippen MR) is 94.2 cm³/mol. The first-order valence-corrected chi connectivity index (χ1v) is 10.4. The van der Waals surface area contributed by atoms with Crippen molar-refractivity contribution < 1.29 is 18.0 Å². The van der Waals surface area contributed by atoms with Crippen LogP contribution in [0.3, 0.4) is 0 Å². The van der Waals surface area contributed by atoms with Gasteiger partial charge in [0, 0.05) is 17.3 Å². The third kappa shape index (κ3) is 4.80. The highest BCUT2D eigenvalue weighted by atomic mass is 32.2. The molecule has 0 radical (unpaired) electrons. The first kappa shape index (κ1) is 19.4. The Hall–Kier alpha value is -1.92. The second-order valence-electron chi connectivity index (χ2n) is 6.01. The van der Waals surface area contributed by atoms with Crippen LogP contribution in [0.1, 0.15) is 41.9 Å². The molecule has 7 nitrogen and oxygen atoms in total. The van der Waals surface area contributed by atoms with E-state index in [4.69, 9.17) is 0 Å². The van der Waals surface area contributed by atoms with E-state index in [-0.39, 0.29) is 34.8 Å². The number of pyridine rings is 1. The third-order valence-corrected chi connectivity index (χ3v) is 6.78. The largest absolute Gasteiger partial charge is 0.351 e. The molecular weight excluding hydrogens is 362 g/mol. The zero-order valence-electron chi connectivity index (χ0n) is 14.2. The molecule has 134 valence electrons. The zero-order chi connectivity index (χ0) is 18.8. The van der Waals surface area contributed by atoms with E-state index in [9.17, 15) is 23.3 Å². The standard InChI is InChI=1S/C16H19N3O4S2/c1-9-14(10(2)20)6-12(7-17)16(18-9)24-11(3)15(21)19-13-4-5-25(22,23)8-13/h6,11,13H,4-5,8H2,1-3H3,(H,19,21)/t11-,13+/m1/s1. The van der Waals surface area contributed by atoms with E-state index in [1.54, 1.807) is 13.8 Å². The Kier molecular flexibility index (Phi) is 5.85. The lowest BCUT2D eigenvalue weighted by Crippen LogP contribution is -2.40. The van der Waals surface area contributed by atoms with Crippen LogP contribution in [0.25, 0.3) is 0 Å². The lowest BCUT2D eigenvalue weighted by atomic mass is 10.1. The Morgan fingerprint density at radius 3 is 2.68 bits per heavy atom. The predicted octanol–water partition coefficient (Wildman–Crippen LogP) is 1.25. The average Bonchev–Trinajstić information content (AvgIpc) is 2.85. The molecule has 1 aliphatic rings. The van der Waals surface area contributed by atoms with Crippen LogP contribution in [0.4, 0.5) is 0 Å². The minimum atomic E-state index is -3.06. The summed E-state index contributed by atoms with van der Waals surface area (Å²) in [6.45, 7) is 4.75. The van der Waals surface area contributed by atoms with Crippen LogP contribution in [0.2, 0.25) is 0 Å². The Morgan fingerprint density at radius 1 is 1.48 bits per heavy atom. The van der Waals surface area contributed by atoms with E-state index in [1.807, 2.05) is 6.07 Å². The van der Waals surface area contributed by atoms with E-state index >= 15 is 0 Å². The molecule has 0 aliphatic carbocycles. The number of Topliss-reactive ketones (excluding diaryl/α,β-unsaturated/α-hetero) is 1. The maximum Gasteiger partial charge on any atom is 0.233 e. The van der Waals surface area contributed by atoms with Crippen molar-refractivity contribution in [2.24, 2.45) is 0 Å². The summed E-state index contributed by atoms with van der Waals surface area (Å²) in [4.78, 5) is 28.1. The smallest absolute Gasteiger partial charge is 0.233 e. The molecule has 1 fully saturated rings. The number of nitriles is 1. The molecule has 0 bridgehead atoms. The number of carbonyl (C=O) groups excluding carboxylic acids is 2. The van der Waals surface area contributed by atoms with E-state index in [0.717, 1.165) is 11.8 Å². The quantitative estimate of drug-likeness (QED) is 0.602. The number of ketones is 1. The van der Waals surface area contributed by atoms with Crippen molar-refractivity contribution in [3.8, 4) is 6.07 Å². The fourth-order valence-corrected chi connectivity index (χ4v) is 5.16. The van der Waals surface area contributed by atoms with Crippen LogP contribution >= 0.6 is 11.8 Å². The minimum Gasteiger partial charge on any atom is -0.351 e. The average molecular weight is 381 g/mol. The fraction of sp³-hybridized carbons (Fsp3) is 0.500. The zero-order valence-corrected chi connectivity index (χ0v) is 15.8. The van der Waals surface area contributed by atoms with E-state index in [0.29, 0.717) is 22.7 Å². The molecule has 1 saturated heterocycles. The Balaban J connectivity index is 2.11. The number of nitrogens with zero attached hydrogens (tertiary/aromatic N) is 2. The Labute approximate surface area is 151 Å². The van der Waals surface area contributed by atoms with Crippen molar-refractivity contribution in [3.63, 3.8) is 0 Å². The molecule has 1 aliphatic heterocycles. The van der Waals surface area contributed by atoms with Crippen molar-refractivity contribution >= 4 is 33.3 Å². The first-order valence-electron chi connectivity index (χ1n) is 7.73. The molecule has 25 heavy (non-hydrogen) atoms. The van der Waals surface area contributed by atoms with Crippen LogP contribution in [0.15, 0.2) is 11.1 Å². The van der Waals surface area contributed by atoms with Gasteiger partial charge >= 0.3 is 0 Å². The van der Waals surface area contributed by atoms with Gasteiger partial charge in [-0.25, -0.2) is 13.4 Å². The van der Waals surface area contributed by atoms with Crippen molar-refractivity contribution in [2.45, 2.75) is 43.5 Å². The molecule has 9 heteroatoms. The van der Waals surface area contributed by atoms with Gasteiger partial charge in [0.15, 0.2) is 15.6 Å². The lowest BCUT2D eigenvalue weighted by Gasteiger charge is -2.16. The Bertz CT molecular complexity index is 859. The van der Waals surface area contributed by atoms with Crippen LogP contribution in [0.5, 0.6) is 0 Å². The molecule has 1 N–H and O–H groups in total. The molecule has 0 spiro atoms. The third-order valence-electron chi connectivity index (χ3n) is 3.91. The highest BCUT2D eigenvalue weighted by Crippen LogP contribution is 2.27. The first-order chi connectivity index (χ1) is 11.6. The summed E-state index contributed by atoms with van der Waals surface area (Å²) >= 11 is 1.11. The summed E-state index contributed by atoms with van der Waals surface area (Å²) in [5, 5.41) is 11.8. The van der Waals surface area contributed by atoms with Gasteiger partial charge in [-0.15, -0.1) is 0 Å². The lowest BCUT2D eigenvalue weighted by molar-refractivity contribution is -0.120. The number of aryl methyl sites for hydroxylation is 1. The molecule has 2 atom stereocenters. The number of aromatic nitrogens is 1. The van der Waals surface area contributed by atoms with Crippen LogP contribution in [0, 0.1) is 18.3 Å². The van der Waals surface area contributed by atoms with Gasteiger partial charge in [0.25, 0.3) is 0 Å². The van der Waals surface area contributed by atoms with Crippen molar-refractivity contribution in [1.29, 1.82) is 5.26 Å². The van der Waals surface area contributed by atoms with Gasteiger partial charge in [-0.2, -0.15) is 5.26 Å². The number of thioether (sulfide) groups is 1. The van der Waals surface area contributed by atoms with Gasteiger partial charge in [-0.3, -0.25) is 9.59 Å². The molecule has 1 aromatic heterocycles. The maximum atomic E-state index is 12.3. The molecule has 2 heterocycles. The van der Waals surface area contributed by atoms with E-state index in [2.05, 4.69) is 10.3 Å². The number of amides is 1. The van der Waals surface area contributed by atoms with Crippen molar-refractivity contribution in [2.75, 3.05) is 11.5 Å². The monoisotopic (exact) mass is 381 g/mol. The van der Waals surface area contributed by atoms with Gasteiger partial charge in [-0.05, 0) is 33.3 Å². The summed E-state index contributed by atoms with van der Waals surface area (Å²) in [5.74, 6) is -0.424. The summed E-state index contributed by atoms with van der Waals surface area (Å²) in [7, 11) is -3.06. The van der Waals surface area contributed by atoms with Crippen LogP contribution in [-0.2, 0) is 14.6 Å². The van der Waals surface area contributed by atoms with Crippen molar-refractivity contribution in [3.05, 3.63) is 22.9 Å². The number of rotatable bonds is 5. The summed E-state index contributed by atoms with van der Waals surface area (Å²) < 4.78 is 22.9. The normalized spacial score (nSPS) is 19.8. The fourth-order valence-electron chi connectivity index (χ4n) is 2.56. The number of carbonyl (C=O) groups is 2. The van der Waals surface area contributed by atoms with Gasteiger partial charge in [0.05, 0.1) is 22.3 Å². The molecule has 0 unspecified atom stereocenters. The Morgan fingerprint density at radius 2 is 2.16 bits per heavy atom. The molecule has 1 amide bonds. The highest BCUT2D eigenvalue weighted by molar-refractivity contribution is 8.00. The van der Waals surface area contributed by atoms with Crippen molar-refractivity contribution in [1.82, 2.24) is 10.3 Å². The van der Waals surface area contributed by atoms with E-state index < -0.39 is 15.1 Å². The number of hydrogen-bond acceptors (Lipinski definition) is 7. The van der Waals surface area contributed by atoms with E-state index in [1.165, 1.54) is 13.0 Å². The highest BCUT2D eigenvalue weighted by Gasteiger charge is 2.30. The van der Waals surface area contributed by atoms with Crippen LogP contribution < -0.4 is 5.32 Å². The number of nitrogens with one attached hydrogen (secondary N) is 1.